The van der Waals surface area contributed by atoms with E-state index in [1.165, 1.54) is 128 Å². The normalized spacial score (nSPS) is 14.7. The molecule has 0 radical (unpaired) electrons. The molecule has 0 bridgehead atoms. The first kappa shape index (κ1) is 51.2. The number of hydrogen-bond acceptors (Lipinski definition) is 3. The SMILES string of the molecule is Cc1ccc(-c2cc3c(c4c2oc2ccccc24)-c2ccc(N(c4ccc5c(c4)C4(c6ccccc6-c6ccccc64)c4cc6c(cc4-5)C4(c5ccccc5-c5ccccc54)c4ccc5oc7ccccc7c5c4-6)c4ccccc4-c4ccccc4)cc2C3(C)C)cc1. The van der Waals surface area contributed by atoms with Gasteiger partial charge >= 0.3 is 0 Å². The second-order valence-corrected chi connectivity index (χ2v) is 26.9. The number of furan rings is 2. The molecule has 0 saturated carbocycles. The Balaban J connectivity index is 0.843. The van der Waals surface area contributed by atoms with Gasteiger partial charge in [-0.2, -0.15) is 0 Å². The molecule has 5 aliphatic carbocycles. The number of nitrogens with zero attached hydrogens (tertiary/aromatic N) is 1. The van der Waals surface area contributed by atoms with Gasteiger partial charge in [0, 0.05) is 49.5 Å². The van der Waals surface area contributed by atoms with E-state index in [0.717, 1.165) is 72.4 Å². The average molecular weight is 1180 g/mol. The molecule has 0 amide bonds. The number of para-hydroxylation sites is 3. The zero-order valence-electron chi connectivity index (χ0n) is 51.5. The zero-order valence-corrected chi connectivity index (χ0v) is 51.5. The second kappa shape index (κ2) is 18.1. The van der Waals surface area contributed by atoms with Crippen LogP contribution in [0.15, 0.2) is 300 Å². The highest BCUT2D eigenvalue weighted by Gasteiger charge is 2.57. The third-order valence-electron chi connectivity index (χ3n) is 22.2. The fourth-order valence-electron chi connectivity index (χ4n) is 18.3. The number of rotatable bonds is 5. The van der Waals surface area contributed by atoms with Gasteiger partial charge in [0.05, 0.1) is 16.5 Å². The van der Waals surface area contributed by atoms with Crippen LogP contribution in [0.25, 0.3) is 122 Å². The van der Waals surface area contributed by atoms with Crippen LogP contribution in [-0.2, 0) is 16.2 Å². The summed E-state index contributed by atoms with van der Waals surface area (Å²) in [7, 11) is 0. The van der Waals surface area contributed by atoms with Crippen molar-refractivity contribution in [3.63, 3.8) is 0 Å². The van der Waals surface area contributed by atoms with Gasteiger partial charge in [0.1, 0.15) is 22.3 Å². The maximum Gasteiger partial charge on any atom is 0.143 e. The van der Waals surface area contributed by atoms with Gasteiger partial charge in [0.2, 0.25) is 0 Å². The van der Waals surface area contributed by atoms with Crippen molar-refractivity contribution in [2.75, 3.05) is 4.90 Å². The third-order valence-corrected chi connectivity index (χ3v) is 22.2. The zero-order chi connectivity index (χ0) is 61.2. The maximum absolute atomic E-state index is 6.96. The molecule has 2 spiro atoms. The van der Waals surface area contributed by atoms with E-state index < -0.39 is 10.8 Å². The van der Waals surface area contributed by atoms with Crippen LogP contribution in [0.1, 0.15) is 75.0 Å². The standard InChI is InChI=1S/C90H57NO2/c1-52-37-39-54(40-38-52)66-49-78-83(86-65-29-13-20-36-81(65)93-87(66)86)63-44-42-55(47-74(63)88(78,2)3)91(79-34-18-11-23-57(79)53-21-5-4-6-22-53)56-41-43-62-67-50-77-68(51-76(67)90(75(62)48-56)71-32-16-9-26-60(71)61-27-10-17-33-72(61)90)84-73(45-46-82-85(84)64-28-12-19-35-80(64)92-82)89(77)69-30-14-7-24-58(69)59-25-8-15-31-70(59)89/h4-51H,1-3H3. The summed E-state index contributed by atoms with van der Waals surface area (Å²) < 4.78 is 13.8. The molecule has 2 aromatic heterocycles. The quantitative estimate of drug-likeness (QED) is 0.172. The van der Waals surface area contributed by atoms with Crippen LogP contribution in [-0.4, -0.2) is 0 Å². The van der Waals surface area contributed by atoms with Crippen LogP contribution in [0.2, 0.25) is 0 Å². The maximum atomic E-state index is 6.96. The van der Waals surface area contributed by atoms with E-state index in [1.807, 2.05) is 0 Å². The lowest BCUT2D eigenvalue weighted by Crippen LogP contribution is -2.27. The lowest BCUT2D eigenvalue weighted by atomic mass is 9.68. The smallest absolute Gasteiger partial charge is 0.143 e. The van der Waals surface area contributed by atoms with Gasteiger partial charge in [-0.25, -0.2) is 0 Å². The second-order valence-electron chi connectivity index (χ2n) is 26.9. The first-order chi connectivity index (χ1) is 45.8. The van der Waals surface area contributed by atoms with E-state index in [-0.39, 0.29) is 5.41 Å². The predicted molar refractivity (Wildman–Crippen MR) is 381 cm³/mol. The molecule has 3 heteroatoms. The van der Waals surface area contributed by atoms with Gasteiger partial charge in [-0.05, 0) is 196 Å². The Labute approximate surface area is 538 Å². The number of hydrogen-bond donors (Lipinski definition) is 0. The largest absolute Gasteiger partial charge is 0.456 e. The molecule has 5 aliphatic rings. The van der Waals surface area contributed by atoms with Crippen molar-refractivity contribution in [3.8, 4) is 77.9 Å². The Morgan fingerprint density at radius 1 is 0.280 bits per heavy atom. The van der Waals surface area contributed by atoms with Gasteiger partial charge in [0.25, 0.3) is 0 Å². The monoisotopic (exact) mass is 1180 g/mol. The minimum absolute atomic E-state index is 0.386. The summed E-state index contributed by atoms with van der Waals surface area (Å²) in [5, 5.41) is 4.62. The van der Waals surface area contributed by atoms with Gasteiger partial charge < -0.3 is 13.7 Å². The first-order valence-electron chi connectivity index (χ1n) is 32.6. The predicted octanol–water partition coefficient (Wildman–Crippen LogP) is 23.6. The number of anilines is 3. The van der Waals surface area contributed by atoms with E-state index >= 15 is 0 Å². The molecule has 16 aromatic rings. The molecule has 2 heterocycles. The van der Waals surface area contributed by atoms with Crippen LogP contribution in [0.3, 0.4) is 0 Å². The minimum atomic E-state index is -0.698. The van der Waals surface area contributed by atoms with Crippen molar-refractivity contribution in [1.29, 1.82) is 0 Å². The van der Waals surface area contributed by atoms with Crippen LogP contribution >= 0.6 is 0 Å². The van der Waals surface area contributed by atoms with Crippen LogP contribution in [0, 0.1) is 6.92 Å². The summed E-state index contributed by atoms with van der Waals surface area (Å²) in [5.41, 5.74) is 36.7. The number of aryl methyl sites for hydroxylation is 1. The molecule has 93 heavy (non-hydrogen) atoms. The highest BCUT2D eigenvalue weighted by atomic mass is 16.3. The lowest BCUT2D eigenvalue weighted by molar-refractivity contribution is 0.657. The van der Waals surface area contributed by atoms with Crippen molar-refractivity contribution in [2.24, 2.45) is 0 Å². The Morgan fingerprint density at radius 3 is 1.40 bits per heavy atom. The fraction of sp³-hybridized carbons (Fsp3) is 0.0667. The van der Waals surface area contributed by atoms with Crippen LogP contribution in [0.4, 0.5) is 17.1 Å². The minimum Gasteiger partial charge on any atom is -0.456 e. The molecule has 0 aliphatic heterocycles. The summed E-state index contributed by atoms with van der Waals surface area (Å²) in [4.78, 5) is 2.56. The van der Waals surface area contributed by atoms with Crippen molar-refractivity contribution in [2.45, 2.75) is 37.0 Å². The molecule has 14 aromatic carbocycles. The van der Waals surface area contributed by atoms with E-state index in [1.54, 1.807) is 0 Å². The summed E-state index contributed by atoms with van der Waals surface area (Å²) in [6.45, 7) is 7.00. The van der Waals surface area contributed by atoms with Crippen molar-refractivity contribution < 1.29 is 8.83 Å². The molecule has 0 unspecified atom stereocenters. The Bertz CT molecular complexity index is 5900. The van der Waals surface area contributed by atoms with Gasteiger partial charge in [-0.15, -0.1) is 0 Å². The van der Waals surface area contributed by atoms with Crippen LogP contribution in [0.5, 0.6) is 0 Å². The van der Waals surface area contributed by atoms with E-state index in [4.69, 9.17) is 8.83 Å². The Morgan fingerprint density at radius 2 is 0.742 bits per heavy atom. The molecule has 3 nitrogen and oxygen atoms in total. The average Bonchev–Trinajstić information content (AvgIpc) is 1.49. The molecule has 0 atom stereocenters. The van der Waals surface area contributed by atoms with Gasteiger partial charge in [-0.1, -0.05) is 244 Å². The van der Waals surface area contributed by atoms with Gasteiger partial charge in [0.15, 0.2) is 0 Å². The summed E-state index contributed by atoms with van der Waals surface area (Å²) in [6, 6.07) is 110. The molecule has 0 N–H and O–H groups in total. The molecule has 0 saturated heterocycles. The van der Waals surface area contributed by atoms with E-state index in [2.05, 4.69) is 317 Å². The highest BCUT2D eigenvalue weighted by molar-refractivity contribution is 6.20. The molecular formula is C90H57NO2. The van der Waals surface area contributed by atoms with Crippen molar-refractivity contribution in [1.82, 2.24) is 0 Å². The van der Waals surface area contributed by atoms with Crippen molar-refractivity contribution >= 4 is 60.9 Å². The van der Waals surface area contributed by atoms with E-state index in [0.29, 0.717) is 0 Å². The first-order valence-corrected chi connectivity index (χ1v) is 32.6. The highest BCUT2D eigenvalue weighted by Crippen LogP contribution is 2.70. The van der Waals surface area contributed by atoms with Gasteiger partial charge in [-0.3, -0.25) is 0 Å². The molecule has 21 rings (SSSR count). The summed E-state index contributed by atoms with van der Waals surface area (Å²) in [5.74, 6) is 0. The van der Waals surface area contributed by atoms with Crippen LogP contribution < -0.4 is 4.90 Å². The molecular weight excluding hydrogens is 1130 g/mol. The summed E-state index contributed by atoms with van der Waals surface area (Å²) in [6.07, 6.45) is 0. The topological polar surface area (TPSA) is 29.5 Å². The number of benzene rings is 14. The fourth-order valence-corrected chi connectivity index (χ4v) is 18.3. The van der Waals surface area contributed by atoms with E-state index in [9.17, 15) is 0 Å². The Kier molecular flexibility index (Phi) is 9.99. The molecule has 0 fully saturated rings. The third kappa shape index (κ3) is 6.39. The number of fused-ring (bicyclic) bond motifs is 31. The lowest BCUT2D eigenvalue weighted by Gasteiger charge is -2.33. The summed E-state index contributed by atoms with van der Waals surface area (Å²) >= 11 is 0. The van der Waals surface area contributed by atoms with Crippen molar-refractivity contribution in [3.05, 3.63) is 352 Å². The Hall–Kier alpha value is -11.5. The molecule has 434 valence electrons.